The Bertz CT molecular complexity index is 484. The Labute approximate surface area is 108 Å². The third kappa shape index (κ3) is 2.26. The van der Waals surface area contributed by atoms with Crippen molar-refractivity contribution >= 4 is 11.9 Å². The molecule has 0 spiro atoms. The van der Waals surface area contributed by atoms with Crippen LogP contribution in [0.2, 0.25) is 0 Å². The van der Waals surface area contributed by atoms with Crippen molar-refractivity contribution in [2.75, 3.05) is 6.61 Å². The van der Waals surface area contributed by atoms with Crippen molar-refractivity contribution in [3.8, 4) is 0 Å². The van der Waals surface area contributed by atoms with E-state index in [-0.39, 0.29) is 18.7 Å². The summed E-state index contributed by atoms with van der Waals surface area (Å²) in [5, 5.41) is 14.8. The van der Waals surface area contributed by atoms with E-state index in [2.05, 4.69) is 15.3 Å². The van der Waals surface area contributed by atoms with Gasteiger partial charge in [-0.3, -0.25) is 15.0 Å². The van der Waals surface area contributed by atoms with E-state index >= 15 is 0 Å². The van der Waals surface area contributed by atoms with Gasteiger partial charge in [0.25, 0.3) is 5.91 Å². The molecule has 0 bridgehead atoms. The van der Waals surface area contributed by atoms with Crippen molar-refractivity contribution < 1.29 is 19.4 Å². The van der Waals surface area contributed by atoms with E-state index < -0.39 is 30.3 Å². The zero-order chi connectivity index (χ0) is 14.0. The number of rotatable bonds is 3. The minimum absolute atomic E-state index is 0.188. The lowest BCUT2D eigenvalue weighted by Crippen LogP contribution is -2.37. The predicted octanol–water partition coefficient (Wildman–Crippen LogP) is 0.228. The van der Waals surface area contributed by atoms with E-state index in [1.54, 1.807) is 6.92 Å². The molecule has 0 saturated carbocycles. The van der Waals surface area contributed by atoms with Crippen LogP contribution in [-0.4, -0.2) is 46.9 Å². The van der Waals surface area contributed by atoms with Crippen molar-refractivity contribution in [2.24, 2.45) is 5.11 Å². The number of nitrogens with one attached hydrogen (secondary N) is 1. The molecule has 0 unspecified atom stereocenters. The summed E-state index contributed by atoms with van der Waals surface area (Å²) in [6.45, 7) is 1.30. The molecule has 2 rings (SSSR count). The normalized spacial score (nSPS) is 32.6. The first-order valence-electron chi connectivity index (χ1n) is 5.73. The summed E-state index contributed by atoms with van der Waals surface area (Å²) in [5.74, 6) is -0.496. The first-order chi connectivity index (χ1) is 9.12. The number of aliphatic hydroxyl groups is 1. The Hall–Kier alpha value is -2.09. The van der Waals surface area contributed by atoms with Crippen LogP contribution >= 0.6 is 0 Å². The summed E-state index contributed by atoms with van der Waals surface area (Å²) < 4.78 is 5.47. The van der Waals surface area contributed by atoms with Gasteiger partial charge < -0.3 is 9.84 Å². The van der Waals surface area contributed by atoms with Crippen molar-refractivity contribution in [3.05, 3.63) is 22.2 Å². The zero-order valence-corrected chi connectivity index (χ0v) is 10.2. The van der Waals surface area contributed by atoms with Crippen LogP contribution in [0.5, 0.6) is 0 Å². The molecular weight excluding hydrogens is 254 g/mol. The zero-order valence-electron chi connectivity index (χ0n) is 10.2. The molecule has 2 saturated heterocycles. The number of allylic oxidation sites excluding steroid dienone is 1. The highest BCUT2D eigenvalue weighted by atomic mass is 16.5. The number of carbonyl (C=O) groups is 2. The maximum Gasteiger partial charge on any atom is 0.331 e. The molecular formula is C10H13N5O4. The quantitative estimate of drug-likeness (QED) is 0.249. The number of imide groups is 1. The number of azide groups is 1. The predicted molar refractivity (Wildman–Crippen MR) is 62.4 cm³/mol. The van der Waals surface area contributed by atoms with E-state index in [9.17, 15) is 9.59 Å². The average molecular weight is 267 g/mol. The first-order valence-corrected chi connectivity index (χ1v) is 5.73. The van der Waals surface area contributed by atoms with E-state index in [4.69, 9.17) is 15.4 Å². The number of aliphatic hydroxyl groups excluding tert-OH is 1. The molecule has 2 fully saturated rings. The van der Waals surface area contributed by atoms with Gasteiger partial charge in [0, 0.05) is 11.3 Å². The molecule has 9 heteroatoms. The number of hydrogen-bond donors (Lipinski definition) is 2. The van der Waals surface area contributed by atoms with E-state index in [0.29, 0.717) is 0 Å². The summed E-state index contributed by atoms with van der Waals surface area (Å²) in [4.78, 5) is 27.1. The van der Waals surface area contributed by atoms with Crippen LogP contribution in [-0.2, 0) is 9.53 Å². The fourth-order valence-electron chi connectivity index (χ4n) is 2.22. The molecule has 0 radical (unpaired) electrons. The van der Waals surface area contributed by atoms with Crippen LogP contribution in [0, 0.1) is 0 Å². The molecule has 2 aliphatic rings. The van der Waals surface area contributed by atoms with Crippen LogP contribution < -0.4 is 5.32 Å². The average Bonchev–Trinajstić information content (AvgIpc) is 2.90. The number of ether oxygens (including phenoxy) is 1. The fourth-order valence-corrected chi connectivity index (χ4v) is 2.22. The highest BCUT2D eigenvalue weighted by molar-refractivity contribution is 6.11. The molecule has 9 nitrogen and oxygen atoms in total. The van der Waals surface area contributed by atoms with E-state index in [0.717, 1.165) is 0 Å². The lowest BCUT2D eigenvalue weighted by atomic mass is 10.1. The van der Waals surface area contributed by atoms with Gasteiger partial charge >= 0.3 is 6.03 Å². The van der Waals surface area contributed by atoms with Gasteiger partial charge in [-0.25, -0.2) is 4.79 Å². The Morgan fingerprint density at radius 2 is 2.42 bits per heavy atom. The Morgan fingerprint density at radius 3 is 3.00 bits per heavy atom. The summed E-state index contributed by atoms with van der Waals surface area (Å²) >= 11 is 0. The van der Waals surface area contributed by atoms with Gasteiger partial charge in [0.05, 0.1) is 18.8 Å². The molecule has 2 heterocycles. The number of urea groups is 1. The monoisotopic (exact) mass is 267 g/mol. The minimum Gasteiger partial charge on any atom is -0.394 e. The van der Waals surface area contributed by atoms with Crippen molar-refractivity contribution in [1.29, 1.82) is 0 Å². The summed E-state index contributed by atoms with van der Waals surface area (Å²) in [6, 6.07) is -1.15. The lowest BCUT2D eigenvalue weighted by molar-refractivity contribution is -0.116. The maximum atomic E-state index is 11.7. The van der Waals surface area contributed by atoms with Gasteiger partial charge in [-0.2, -0.15) is 0 Å². The van der Waals surface area contributed by atoms with Crippen molar-refractivity contribution in [2.45, 2.75) is 31.7 Å². The van der Waals surface area contributed by atoms with Gasteiger partial charge in [-0.1, -0.05) is 11.2 Å². The van der Waals surface area contributed by atoms with Gasteiger partial charge in [0.1, 0.15) is 11.9 Å². The smallest absolute Gasteiger partial charge is 0.331 e. The molecule has 3 amide bonds. The van der Waals surface area contributed by atoms with E-state index in [1.165, 1.54) is 11.0 Å². The second-order valence-electron chi connectivity index (χ2n) is 4.12. The summed E-state index contributed by atoms with van der Waals surface area (Å²) in [5.41, 5.74) is 8.63. The Morgan fingerprint density at radius 1 is 1.68 bits per heavy atom. The second kappa shape index (κ2) is 5.27. The van der Waals surface area contributed by atoms with Gasteiger partial charge in [0.15, 0.2) is 0 Å². The molecule has 102 valence electrons. The first kappa shape index (κ1) is 13.3. The largest absolute Gasteiger partial charge is 0.394 e. The van der Waals surface area contributed by atoms with Crippen LogP contribution in [0.25, 0.3) is 10.4 Å². The molecule has 0 aliphatic carbocycles. The topological polar surface area (TPSA) is 128 Å². The lowest BCUT2D eigenvalue weighted by Gasteiger charge is -2.22. The fraction of sp³-hybridized carbons (Fsp3) is 0.600. The summed E-state index contributed by atoms with van der Waals surface area (Å²) in [7, 11) is 0. The number of nitrogens with zero attached hydrogens (tertiary/aromatic N) is 4. The maximum absolute atomic E-state index is 11.7. The van der Waals surface area contributed by atoms with Crippen molar-refractivity contribution in [3.63, 3.8) is 0 Å². The van der Waals surface area contributed by atoms with Gasteiger partial charge in [-0.05, 0) is 12.5 Å². The third-order valence-corrected chi connectivity index (χ3v) is 3.08. The standard InChI is InChI=1S/C10H13N5O4/c1-2-6-9(17)12-10(18)15(6)8-3-5(13-14-11)7(4-16)19-8/h2,5,7-8,16H,3-4H2,1H3,(H,12,17,18)/b6-2+/t5-,7+,8+/m0/s1. The molecule has 0 aromatic carbocycles. The van der Waals surface area contributed by atoms with Crippen LogP contribution in [0.1, 0.15) is 13.3 Å². The molecule has 0 aromatic rings. The third-order valence-electron chi connectivity index (χ3n) is 3.08. The highest BCUT2D eigenvalue weighted by Gasteiger charge is 2.44. The van der Waals surface area contributed by atoms with Crippen LogP contribution in [0.4, 0.5) is 4.79 Å². The molecule has 3 atom stereocenters. The molecule has 2 aliphatic heterocycles. The summed E-state index contributed by atoms with van der Waals surface area (Å²) in [6.07, 6.45) is 0.318. The number of amides is 3. The van der Waals surface area contributed by atoms with E-state index in [1.807, 2.05) is 0 Å². The Balaban J connectivity index is 2.21. The van der Waals surface area contributed by atoms with Gasteiger partial charge in [-0.15, -0.1) is 0 Å². The minimum atomic E-state index is -0.731. The van der Waals surface area contributed by atoms with Crippen LogP contribution in [0.15, 0.2) is 16.9 Å². The van der Waals surface area contributed by atoms with Crippen LogP contribution in [0.3, 0.4) is 0 Å². The molecule has 0 aromatic heterocycles. The highest BCUT2D eigenvalue weighted by Crippen LogP contribution is 2.30. The van der Waals surface area contributed by atoms with Crippen molar-refractivity contribution in [1.82, 2.24) is 10.2 Å². The second-order valence-corrected chi connectivity index (χ2v) is 4.12. The number of carbonyl (C=O) groups excluding carboxylic acids is 2. The van der Waals surface area contributed by atoms with Gasteiger partial charge in [0.2, 0.25) is 0 Å². The SMILES string of the molecule is C/C=C1\C(=O)NC(=O)N1[C@H]1C[C@H](N=[N+]=[N-])[C@@H](CO)O1. The molecule has 19 heavy (non-hydrogen) atoms. The Kier molecular flexibility index (Phi) is 3.70. The number of hydrogen-bond acceptors (Lipinski definition) is 5. The molecule has 2 N–H and O–H groups in total.